The summed E-state index contributed by atoms with van der Waals surface area (Å²) in [5, 5.41) is 5.45. The van der Waals surface area contributed by atoms with Crippen LogP contribution in [0.2, 0.25) is 5.02 Å². The zero-order valence-corrected chi connectivity index (χ0v) is 17.2. The SMILES string of the molecule is COc1ccc(N2CCCS2(=O)=O)cc1NC(=O)C(=O)NCc1ccccc1Cl. The van der Waals surface area contributed by atoms with Crippen LogP contribution < -0.4 is 19.7 Å². The molecule has 2 aromatic rings. The van der Waals surface area contributed by atoms with Crippen LogP contribution >= 0.6 is 11.6 Å². The molecule has 1 heterocycles. The molecule has 154 valence electrons. The van der Waals surface area contributed by atoms with Crippen molar-refractivity contribution >= 4 is 44.8 Å². The van der Waals surface area contributed by atoms with Gasteiger partial charge in [-0.1, -0.05) is 29.8 Å². The first kappa shape index (κ1) is 20.9. The van der Waals surface area contributed by atoms with Crippen LogP contribution in [-0.4, -0.2) is 39.6 Å². The predicted octanol–water partition coefficient (Wildman–Crippen LogP) is 2.14. The first-order chi connectivity index (χ1) is 13.8. The van der Waals surface area contributed by atoms with E-state index >= 15 is 0 Å². The number of sulfonamides is 1. The van der Waals surface area contributed by atoms with Gasteiger partial charge in [0.1, 0.15) is 5.75 Å². The summed E-state index contributed by atoms with van der Waals surface area (Å²) in [4.78, 5) is 24.5. The quantitative estimate of drug-likeness (QED) is 0.697. The van der Waals surface area contributed by atoms with E-state index in [0.717, 1.165) is 0 Å². The average molecular weight is 438 g/mol. The first-order valence-corrected chi connectivity index (χ1v) is 10.8. The second-order valence-electron chi connectivity index (χ2n) is 6.35. The van der Waals surface area contributed by atoms with Crippen molar-refractivity contribution in [2.45, 2.75) is 13.0 Å². The van der Waals surface area contributed by atoms with Crippen molar-refractivity contribution in [1.29, 1.82) is 0 Å². The number of benzene rings is 2. The molecule has 8 nitrogen and oxygen atoms in total. The van der Waals surface area contributed by atoms with Crippen LogP contribution in [0.25, 0.3) is 0 Å². The smallest absolute Gasteiger partial charge is 0.313 e. The fourth-order valence-corrected chi connectivity index (χ4v) is 4.71. The standard InChI is InChI=1S/C19H20ClN3O5S/c1-28-17-8-7-14(23-9-4-10-29(23,26)27)11-16(17)22-19(25)18(24)21-12-13-5-2-3-6-15(13)20/h2-3,5-8,11H,4,9-10,12H2,1H3,(H,21,24)(H,22,25). The van der Waals surface area contributed by atoms with Gasteiger partial charge < -0.3 is 15.4 Å². The molecule has 0 aliphatic carbocycles. The number of halogens is 1. The number of hydrogen-bond donors (Lipinski definition) is 2. The molecule has 0 aromatic heterocycles. The zero-order valence-electron chi connectivity index (χ0n) is 15.6. The van der Waals surface area contributed by atoms with Gasteiger partial charge in [-0.05, 0) is 36.2 Å². The highest BCUT2D eigenvalue weighted by molar-refractivity contribution is 7.93. The van der Waals surface area contributed by atoms with Gasteiger partial charge in [0.25, 0.3) is 0 Å². The van der Waals surface area contributed by atoms with Gasteiger partial charge in [-0.2, -0.15) is 0 Å². The van der Waals surface area contributed by atoms with E-state index in [-0.39, 0.29) is 18.0 Å². The van der Waals surface area contributed by atoms with Crippen LogP contribution in [-0.2, 0) is 26.2 Å². The van der Waals surface area contributed by atoms with Crippen molar-refractivity contribution in [2.24, 2.45) is 0 Å². The van der Waals surface area contributed by atoms with Crippen molar-refractivity contribution < 1.29 is 22.7 Å². The highest BCUT2D eigenvalue weighted by Gasteiger charge is 2.29. The summed E-state index contributed by atoms with van der Waals surface area (Å²) in [7, 11) is -1.97. The molecule has 0 bridgehead atoms. The molecule has 1 saturated heterocycles. The van der Waals surface area contributed by atoms with E-state index in [4.69, 9.17) is 16.3 Å². The van der Waals surface area contributed by atoms with Crippen LogP contribution in [0.3, 0.4) is 0 Å². The number of nitrogens with zero attached hydrogens (tertiary/aromatic N) is 1. The van der Waals surface area contributed by atoms with Gasteiger partial charge in [0, 0.05) is 18.1 Å². The van der Waals surface area contributed by atoms with Crippen molar-refractivity contribution in [1.82, 2.24) is 5.32 Å². The van der Waals surface area contributed by atoms with E-state index in [2.05, 4.69) is 10.6 Å². The topological polar surface area (TPSA) is 105 Å². The lowest BCUT2D eigenvalue weighted by Crippen LogP contribution is -2.35. The molecule has 2 amide bonds. The fourth-order valence-electron chi connectivity index (χ4n) is 2.95. The molecule has 0 spiro atoms. The van der Waals surface area contributed by atoms with E-state index in [1.807, 2.05) is 0 Å². The normalized spacial score (nSPS) is 15.0. The lowest BCUT2D eigenvalue weighted by molar-refractivity contribution is -0.136. The highest BCUT2D eigenvalue weighted by Crippen LogP contribution is 2.32. The zero-order chi connectivity index (χ0) is 21.0. The minimum absolute atomic E-state index is 0.0746. The number of carbonyl (C=O) groups is 2. The summed E-state index contributed by atoms with van der Waals surface area (Å²) in [5.74, 6) is -1.38. The van der Waals surface area contributed by atoms with Gasteiger partial charge in [0.2, 0.25) is 10.0 Å². The monoisotopic (exact) mass is 437 g/mol. The van der Waals surface area contributed by atoms with Gasteiger partial charge in [-0.3, -0.25) is 13.9 Å². The molecule has 3 rings (SSSR count). The third-order valence-corrected chi connectivity index (χ3v) is 6.66. The van der Waals surface area contributed by atoms with Crippen LogP contribution in [0.1, 0.15) is 12.0 Å². The number of rotatable bonds is 5. The Hall–Kier alpha value is -2.78. The van der Waals surface area contributed by atoms with E-state index in [1.165, 1.54) is 17.5 Å². The summed E-state index contributed by atoms with van der Waals surface area (Å²) < 4.78 is 30.8. The van der Waals surface area contributed by atoms with E-state index in [9.17, 15) is 18.0 Å². The lowest BCUT2D eigenvalue weighted by Gasteiger charge is -2.19. The van der Waals surface area contributed by atoms with E-state index < -0.39 is 21.8 Å². The van der Waals surface area contributed by atoms with Crippen LogP contribution in [0, 0.1) is 0 Å². The number of carbonyl (C=O) groups excluding carboxylic acids is 2. The molecule has 1 aliphatic heterocycles. The second-order valence-corrected chi connectivity index (χ2v) is 8.77. The summed E-state index contributed by atoms with van der Waals surface area (Å²) in [6.07, 6.45) is 0.528. The molecule has 0 saturated carbocycles. The molecule has 2 aromatic carbocycles. The largest absolute Gasteiger partial charge is 0.495 e. The third kappa shape index (κ3) is 4.80. The Labute approximate surface area is 173 Å². The van der Waals surface area contributed by atoms with E-state index in [0.29, 0.717) is 35.0 Å². The number of amides is 2. The molecule has 1 fully saturated rings. The maximum absolute atomic E-state index is 12.3. The Morgan fingerprint density at radius 1 is 1.17 bits per heavy atom. The molecular formula is C19H20ClN3O5S. The van der Waals surface area contributed by atoms with Gasteiger partial charge >= 0.3 is 11.8 Å². The minimum Gasteiger partial charge on any atom is -0.495 e. The van der Waals surface area contributed by atoms with Gasteiger partial charge in [0.15, 0.2) is 0 Å². The number of ether oxygens (including phenoxy) is 1. The van der Waals surface area contributed by atoms with E-state index in [1.54, 1.807) is 36.4 Å². The molecule has 1 aliphatic rings. The van der Waals surface area contributed by atoms with Gasteiger partial charge in [-0.15, -0.1) is 0 Å². The summed E-state index contributed by atoms with van der Waals surface area (Å²) in [6.45, 7) is 0.454. The maximum atomic E-state index is 12.3. The molecule has 0 unspecified atom stereocenters. The molecule has 0 atom stereocenters. The van der Waals surface area contributed by atoms with Gasteiger partial charge in [0.05, 0.1) is 24.2 Å². The number of methoxy groups -OCH3 is 1. The van der Waals surface area contributed by atoms with Crippen LogP contribution in [0.15, 0.2) is 42.5 Å². The molecule has 29 heavy (non-hydrogen) atoms. The maximum Gasteiger partial charge on any atom is 0.313 e. The van der Waals surface area contributed by atoms with Crippen molar-refractivity contribution in [2.75, 3.05) is 29.0 Å². The van der Waals surface area contributed by atoms with Crippen molar-refractivity contribution in [3.63, 3.8) is 0 Å². The average Bonchev–Trinajstić information content (AvgIpc) is 3.06. The number of anilines is 2. The fraction of sp³-hybridized carbons (Fsp3) is 0.263. The van der Waals surface area contributed by atoms with Crippen LogP contribution in [0.4, 0.5) is 11.4 Å². The van der Waals surface area contributed by atoms with Crippen LogP contribution in [0.5, 0.6) is 5.75 Å². The van der Waals surface area contributed by atoms with Crippen molar-refractivity contribution in [3.8, 4) is 5.75 Å². The third-order valence-electron chi connectivity index (χ3n) is 4.42. The predicted molar refractivity (Wildman–Crippen MR) is 111 cm³/mol. The Kier molecular flexibility index (Phi) is 6.29. The Morgan fingerprint density at radius 3 is 2.59 bits per heavy atom. The second kappa shape index (κ2) is 8.71. The Balaban J connectivity index is 1.72. The summed E-state index contributed by atoms with van der Waals surface area (Å²) >= 11 is 6.04. The minimum atomic E-state index is -3.38. The highest BCUT2D eigenvalue weighted by atomic mass is 35.5. The summed E-state index contributed by atoms with van der Waals surface area (Å²) in [6, 6.07) is 11.6. The lowest BCUT2D eigenvalue weighted by atomic mass is 10.2. The molecule has 0 radical (unpaired) electrons. The summed E-state index contributed by atoms with van der Waals surface area (Å²) in [5.41, 5.74) is 1.27. The Bertz CT molecular complexity index is 1040. The molecule has 10 heteroatoms. The molecular weight excluding hydrogens is 418 g/mol. The number of nitrogens with one attached hydrogen (secondary N) is 2. The van der Waals surface area contributed by atoms with Gasteiger partial charge in [-0.25, -0.2) is 8.42 Å². The number of hydrogen-bond acceptors (Lipinski definition) is 5. The van der Waals surface area contributed by atoms with Crippen molar-refractivity contribution in [3.05, 3.63) is 53.1 Å². The first-order valence-electron chi connectivity index (χ1n) is 8.83. The molecule has 2 N–H and O–H groups in total. The Morgan fingerprint density at radius 2 is 1.93 bits per heavy atom.